The summed E-state index contributed by atoms with van der Waals surface area (Å²) in [6.07, 6.45) is 0. The van der Waals surface area contributed by atoms with Crippen LogP contribution < -0.4 is 10.6 Å². The number of esters is 1. The highest BCUT2D eigenvalue weighted by atomic mass is 32.2. The lowest BCUT2D eigenvalue weighted by atomic mass is 9.77. The van der Waals surface area contributed by atoms with Crippen molar-refractivity contribution in [2.75, 3.05) is 16.8 Å². The van der Waals surface area contributed by atoms with Crippen molar-refractivity contribution in [2.24, 2.45) is 5.16 Å². The molecule has 1 unspecified atom stereocenters. The van der Waals surface area contributed by atoms with E-state index in [4.69, 9.17) is 19.8 Å². The Balaban J connectivity index is 1.37. The standard InChI is InChI=1S/C41H40N6O7S3/c1-39(2,3)53-37(52)40(4,5)54-46-30(33(48)44-31-34(49)47-32(36(50)51)25(21-55-24-42)22-56-35(31)47)29-23-57-38(43-29)45-41(26-15-9-6-10-16-26,27-17-11-7-12-18-27)28-19-13-8-14-20-28/h6-20,23,31,35H,21-22H2,1-5H3,(H,43,45)(H,44,48)(H,50,51)/t31?,35-/m0/s1. The minimum atomic E-state index is -1.64. The van der Waals surface area contributed by atoms with Gasteiger partial charge in [-0.3, -0.25) is 14.5 Å². The van der Waals surface area contributed by atoms with Gasteiger partial charge in [-0.2, -0.15) is 5.26 Å². The topological polar surface area (TPSA) is 183 Å². The highest BCUT2D eigenvalue weighted by molar-refractivity contribution is 8.04. The summed E-state index contributed by atoms with van der Waals surface area (Å²) in [6.45, 7) is 8.05. The lowest BCUT2D eigenvalue weighted by Gasteiger charge is -2.49. The summed E-state index contributed by atoms with van der Waals surface area (Å²) < 4.78 is 5.53. The van der Waals surface area contributed by atoms with Crippen molar-refractivity contribution >= 4 is 69.5 Å². The first kappa shape index (κ1) is 41.0. The molecule has 16 heteroatoms. The third-order valence-corrected chi connectivity index (χ3v) is 11.7. The Kier molecular flexibility index (Phi) is 12.1. The van der Waals surface area contributed by atoms with Crippen molar-refractivity contribution < 1.29 is 33.9 Å². The van der Waals surface area contributed by atoms with E-state index in [1.165, 1.54) is 36.9 Å². The largest absolute Gasteiger partial charge is 0.477 e. The Hall–Kier alpha value is -5.63. The number of thioether (sulfide) groups is 2. The SMILES string of the molecule is CC(C)(C)OC(=O)C(C)(C)ON=C(C(=O)NC1C(=O)N2C(C(=O)O)=C(CSC#N)CS[C@@H]12)c1csc(NC(c2ccccc2)(c2ccccc2)c2ccccc2)n1. The zero-order chi connectivity index (χ0) is 41.0. The minimum absolute atomic E-state index is 0.0879. The summed E-state index contributed by atoms with van der Waals surface area (Å²) in [5.41, 5.74) is -0.617. The van der Waals surface area contributed by atoms with E-state index >= 15 is 0 Å². The number of carboxylic acids is 1. The zero-order valence-electron chi connectivity index (χ0n) is 31.7. The lowest BCUT2D eigenvalue weighted by molar-refractivity contribution is -0.179. The molecular formula is C41H40N6O7S3. The minimum Gasteiger partial charge on any atom is -0.477 e. The van der Waals surface area contributed by atoms with Crippen molar-refractivity contribution in [1.29, 1.82) is 5.26 Å². The molecule has 1 saturated heterocycles. The molecule has 0 saturated carbocycles. The van der Waals surface area contributed by atoms with Crippen molar-refractivity contribution in [3.05, 3.63) is 130 Å². The Morgan fingerprint density at radius 3 is 2.04 bits per heavy atom. The summed E-state index contributed by atoms with van der Waals surface area (Å²) >= 11 is 3.37. The number of hydrogen-bond acceptors (Lipinski definition) is 13. The van der Waals surface area contributed by atoms with E-state index in [0.29, 0.717) is 10.7 Å². The van der Waals surface area contributed by atoms with Gasteiger partial charge in [-0.15, -0.1) is 23.1 Å². The summed E-state index contributed by atoms with van der Waals surface area (Å²) in [6, 6.07) is 28.6. The summed E-state index contributed by atoms with van der Waals surface area (Å²) in [5, 5.41) is 32.8. The van der Waals surface area contributed by atoms with Gasteiger partial charge in [0.15, 0.2) is 10.8 Å². The second kappa shape index (κ2) is 16.8. The number of thiocyanates is 1. The van der Waals surface area contributed by atoms with Gasteiger partial charge in [0.05, 0.1) is 0 Å². The number of benzene rings is 3. The molecule has 2 aliphatic rings. The highest BCUT2D eigenvalue weighted by Gasteiger charge is 2.54. The maximum absolute atomic E-state index is 14.2. The molecular weight excluding hydrogens is 785 g/mol. The third-order valence-electron chi connectivity index (χ3n) is 8.98. The highest BCUT2D eigenvalue weighted by Crippen LogP contribution is 2.42. The van der Waals surface area contributed by atoms with Crippen LogP contribution in [0.25, 0.3) is 0 Å². The van der Waals surface area contributed by atoms with Crippen molar-refractivity contribution in [3.63, 3.8) is 0 Å². The van der Waals surface area contributed by atoms with Crippen LogP contribution in [0.4, 0.5) is 5.13 Å². The number of carboxylic acid groups (broad SMARTS) is 1. The van der Waals surface area contributed by atoms with Crippen LogP contribution in [-0.4, -0.2) is 78.6 Å². The average Bonchev–Trinajstić information content (AvgIpc) is 3.65. The summed E-state index contributed by atoms with van der Waals surface area (Å²) in [5.74, 6) is -3.12. The molecule has 0 radical (unpaired) electrons. The molecule has 1 aromatic heterocycles. The molecule has 2 amide bonds. The van der Waals surface area contributed by atoms with Crippen LogP contribution in [0.3, 0.4) is 0 Å². The van der Waals surface area contributed by atoms with Gasteiger partial charge >= 0.3 is 11.9 Å². The number of nitrogens with zero attached hydrogens (tertiary/aromatic N) is 4. The second-order valence-corrected chi connectivity index (χ2v) is 17.3. The van der Waals surface area contributed by atoms with E-state index in [-0.39, 0.29) is 28.6 Å². The first-order valence-electron chi connectivity index (χ1n) is 17.8. The van der Waals surface area contributed by atoms with Crippen LogP contribution in [0.2, 0.25) is 0 Å². The summed E-state index contributed by atoms with van der Waals surface area (Å²) in [4.78, 5) is 64.8. The average molecular weight is 825 g/mol. The first-order valence-corrected chi connectivity index (χ1v) is 20.7. The number of nitrogens with one attached hydrogen (secondary N) is 2. The molecule has 0 bridgehead atoms. The van der Waals surface area contributed by atoms with E-state index in [1.807, 2.05) is 96.4 Å². The number of carbonyl (C=O) groups excluding carboxylic acids is 3. The number of fused-ring (bicyclic) bond motifs is 1. The number of anilines is 1. The van der Waals surface area contributed by atoms with Crippen LogP contribution in [0.15, 0.2) is 113 Å². The molecule has 0 aliphatic carbocycles. The number of carbonyl (C=O) groups is 4. The van der Waals surface area contributed by atoms with Gasteiger partial charge in [-0.05, 0) is 68.6 Å². The van der Waals surface area contributed by atoms with Crippen LogP contribution in [0.1, 0.15) is 57.0 Å². The van der Waals surface area contributed by atoms with Crippen molar-refractivity contribution in [1.82, 2.24) is 15.2 Å². The molecule has 6 rings (SSSR count). The molecule has 4 aromatic rings. The van der Waals surface area contributed by atoms with Crippen molar-refractivity contribution in [3.8, 4) is 5.40 Å². The zero-order valence-corrected chi connectivity index (χ0v) is 34.2. The Morgan fingerprint density at radius 2 is 1.53 bits per heavy atom. The van der Waals surface area contributed by atoms with Crippen LogP contribution in [-0.2, 0) is 34.3 Å². The normalized spacial score (nSPS) is 17.2. The number of rotatable bonds is 14. The molecule has 57 heavy (non-hydrogen) atoms. The van der Waals surface area contributed by atoms with Gasteiger partial charge in [0.2, 0.25) is 5.60 Å². The number of aromatic nitrogens is 1. The number of β-lactam (4-membered cyclic amide) rings is 1. The predicted octanol–water partition coefficient (Wildman–Crippen LogP) is 6.34. The molecule has 294 valence electrons. The number of thiazole rings is 1. The number of amides is 2. The van der Waals surface area contributed by atoms with Crippen molar-refractivity contribution in [2.45, 2.75) is 62.8 Å². The maximum atomic E-state index is 14.2. The Morgan fingerprint density at radius 1 is 0.965 bits per heavy atom. The van der Waals surface area contributed by atoms with E-state index in [0.717, 1.165) is 33.4 Å². The fraction of sp³-hybridized carbons (Fsp3) is 0.293. The molecule has 3 aromatic carbocycles. The molecule has 0 spiro atoms. The van der Waals surface area contributed by atoms with Gasteiger partial charge in [0, 0.05) is 16.9 Å². The van der Waals surface area contributed by atoms with Crippen LogP contribution >= 0.6 is 34.9 Å². The number of nitriles is 1. The lowest BCUT2D eigenvalue weighted by Crippen LogP contribution is -2.71. The van der Waals surface area contributed by atoms with Crippen LogP contribution in [0, 0.1) is 10.7 Å². The third kappa shape index (κ3) is 8.70. The number of oxime groups is 1. The van der Waals surface area contributed by atoms with E-state index < -0.39 is 51.9 Å². The first-order chi connectivity index (χ1) is 27.2. The number of aliphatic carboxylic acids is 1. The van der Waals surface area contributed by atoms with E-state index in [2.05, 4.69) is 15.8 Å². The Labute approximate surface area is 342 Å². The Bertz CT molecular complexity index is 2150. The quantitative estimate of drug-likeness (QED) is 0.0321. The number of hydrogen-bond donors (Lipinski definition) is 3. The molecule has 3 heterocycles. The predicted molar refractivity (Wildman–Crippen MR) is 220 cm³/mol. The number of ether oxygens (including phenoxy) is 1. The van der Waals surface area contributed by atoms with Gasteiger partial charge in [-0.1, -0.05) is 96.2 Å². The van der Waals surface area contributed by atoms with E-state index in [9.17, 15) is 24.3 Å². The van der Waals surface area contributed by atoms with Gasteiger partial charge in [-0.25, -0.2) is 14.6 Å². The molecule has 1 fully saturated rings. The fourth-order valence-corrected chi connectivity index (χ4v) is 9.01. The fourth-order valence-electron chi connectivity index (χ4n) is 6.31. The smallest absolute Gasteiger partial charge is 0.353 e. The molecule has 2 atom stereocenters. The van der Waals surface area contributed by atoms with E-state index in [1.54, 1.807) is 26.2 Å². The monoisotopic (exact) mass is 824 g/mol. The second-order valence-electron chi connectivity index (χ2n) is 14.6. The molecule has 3 N–H and O–H groups in total. The maximum Gasteiger partial charge on any atom is 0.353 e. The van der Waals surface area contributed by atoms with Gasteiger partial charge < -0.3 is 25.3 Å². The van der Waals surface area contributed by atoms with Gasteiger partial charge in [0.25, 0.3) is 11.8 Å². The van der Waals surface area contributed by atoms with Gasteiger partial charge in [0.1, 0.15) is 39.3 Å². The summed E-state index contributed by atoms with van der Waals surface area (Å²) in [7, 11) is 0. The molecule has 13 nitrogen and oxygen atoms in total. The molecule has 2 aliphatic heterocycles. The van der Waals surface area contributed by atoms with Crippen LogP contribution in [0.5, 0.6) is 0 Å².